The molecule has 1 atom stereocenters. The van der Waals surface area contributed by atoms with Crippen LogP contribution in [0.5, 0.6) is 0 Å². The second-order valence-corrected chi connectivity index (χ2v) is 2.59. The molecule has 1 rings (SSSR count). The summed E-state index contributed by atoms with van der Waals surface area (Å²) in [6, 6.07) is 0. The zero-order chi connectivity index (χ0) is 10.8. The lowest BCUT2D eigenvalue weighted by molar-refractivity contribution is -0.145. The lowest BCUT2D eigenvalue weighted by Gasteiger charge is -2.08. The maximum Gasteiger partial charge on any atom is 0.451 e. The highest BCUT2D eigenvalue weighted by molar-refractivity contribution is 5.09. The standard InChI is InChI=1S/C7H8F3N3O/c8-7(9,10)6-12-2-4(3-13-6)5(14)1-11/h2-3,5,14H,1,11H2. The first kappa shape index (κ1) is 10.9. The molecule has 1 aromatic rings. The van der Waals surface area contributed by atoms with Gasteiger partial charge in [0.1, 0.15) is 0 Å². The van der Waals surface area contributed by atoms with Gasteiger partial charge in [0.25, 0.3) is 0 Å². The quantitative estimate of drug-likeness (QED) is 0.740. The number of halogens is 3. The Morgan fingerprint density at radius 1 is 1.36 bits per heavy atom. The van der Waals surface area contributed by atoms with Gasteiger partial charge in [0.15, 0.2) is 0 Å². The minimum absolute atomic E-state index is 0.0886. The van der Waals surface area contributed by atoms with E-state index < -0.39 is 18.1 Å². The van der Waals surface area contributed by atoms with Crippen LogP contribution in [-0.4, -0.2) is 21.6 Å². The van der Waals surface area contributed by atoms with Crippen LogP contribution in [0.3, 0.4) is 0 Å². The van der Waals surface area contributed by atoms with Gasteiger partial charge in [-0.15, -0.1) is 0 Å². The van der Waals surface area contributed by atoms with Crippen molar-refractivity contribution in [1.29, 1.82) is 0 Å². The number of aliphatic hydroxyl groups excluding tert-OH is 1. The third-order valence-corrected chi connectivity index (χ3v) is 1.53. The fourth-order valence-electron chi connectivity index (χ4n) is 0.793. The number of nitrogens with two attached hydrogens (primary N) is 1. The summed E-state index contributed by atoms with van der Waals surface area (Å²) in [4.78, 5) is 6.13. The number of hydrogen-bond acceptors (Lipinski definition) is 4. The molecule has 0 saturated carbocycles. The predicted molar refractivity (Wildman–Crippen MR) is 41.0 cm³/mol. The summed E-state index contributed by atoms with van der Waals surface area (Å²) in [6.45, 7) is -0.0886. The van der Waals surface area contributed by atoms with Gasteiger partial charge in [-0.05, 0) is 0 Å². The second kappa shape index (κ2) is 3.89. The molecule has 7 heteroatoms. The van der Waals surface area contributed by atoms with Crippen LogP contribution >= 0.6 is 0 Å². The first-order valence-corrected chi connectivity index (χ1v) is 3.72. The van der Waals surface area contributed by atoms with E-state index in [9.17, 15) is 13.2 Å². The van der Waals surface area contributed by atoms with Crippen LogP contribution < -0.4 is 5.73 Å². The average molecular weight is 207 g/mol. The minimum atomic E-state index is -4.56. The van der Waals surface area contributed by atoms with E-state index in [-0.39, 0.29) is 12.1 Å². The van der Waals surface area contributed by atoms with Gasteiger partial charge in [-0.2, -0.15) is 13.2 Å². The monoisotopic (exact) mass is 207 g/mol. The summed E-state index contributed by atoms with van der Waals surface area (Å²) < 4.78 is 36.0. The lowest BCUT2D eigenvalue weighted by Crippen LogP contribution is -2.15. The fourth-order valence-corrected chi connectivity index (χ4v) is 0.793. The van der Waals surface area contributed by atoms with E-state index in [4.69, 9.17) is 10.8 Å². The number of rotatable bonds is 2. The van der Waals surface area contributed by atoms with Gasteiger partial charge < -0.3 is 10.8 Å². The molecular formula is C7H8F3N3O. The summed E-state index contributed by atoms with van der Waals surface area (Å²) in [5, 5.41) is 9.14. The van der Waals surface area contributed by atoms with E-state index in [1.165, 1.54) is 0 Å². The molecule has 0 fully saturated rings. The molecule has 0 amide bonds. The highest BCUT2D eigenvalue weighted by Gasteiger charge is 2.34. The first-order chi connectivity index (χ1) is 6.45. The minimum Gasteiger partial charge on any atom is -0.387 e. The van der Waals surface area contributed by atoms with Gasteiger partial charge in [0, 0.05) is 24.5 Å². The molecule has 1 heterocycles. The highest BCUT2D eigenvalue weighted by atomic mass is 19.4. The molecule has 14 heavy (non-hydrogen) atoms. The van der Waals surface area contributed by atoms with Gasteiger partial charge in [-0.1, -0.05) is 0 Å². The molecule has 0 aromatic carbocycles. The van der Waals surface area contributed by atoms with E-state index in [1.807, 2.05) is 0 Å². The van der Waals surface area contributed by atoms with Crippen molar-refractivity contribution >= 4 is 0 Å². The number of hydrogen-bond donors (Lipinski definition) is 2. The van der Waals surface area contributed by atoms with Crippen LogP contribution in [0.25, 0.3) is 0 Å². The maximum absolute atomic E-state index is 12.0. The molecule has 1 unspecified atom stereocenters. The number of alkyl halides is 3. The van der Waals surface area contributed by atoms with Crippen molar-refractivity contribution in [3.63, 3.8) is 0 Å². The van der Waals surface area contributed by atoms with Crippen LogP contribution in [0.2, 0.25) is 0 Å². The normalized spacial score (nSPS) is 14.1. The molecule has 0 aliphatic heterocycles. The third kappa shape index (κ3) is 2.39. The van der Waals surface area contributed by atoms with Gasteiger partial charge >= 0.3 is 6.18 Å². The Hall–Kier alpha value is -1.21. The van der Waals surface area contributed by atoms with Crippen LogP contribution in [-0.2, 0) is 6.18 Å². The van der Waals surface area contributed by atoms with Crippen molar-refractivity contribution in [3.05, 3.63) is 23.8 Å². The van der Waals surface area contributed by atoms with Crippen LogP contribution in [0, 0.1) is 0 Å². The largest absolute Gasteiger partial charge is 0.451 e. The zero-order valence-corrected chi connectivity index (χ0v) is 6.99. The van der Waals surface area contributed by atoms with Crippen LogP contribution in [0.4, 0.5) is 13.2 Å². The second-order valence-electron chi connectivity index (χ2n) is 2.59. The van der Waals surface area contributed by atoms with E-state index >= 15 is 0 Å². The van der Waals surface area contributed by atoms with Gasteiger partial charge in [-0.3, -0.25) is 0 Å². The summed E-state index contributed by atoms with van der Waals surface area (Å²) >= 11 is 0. The Kier molecular flexibility index (Phi) is 3.02. The molecule has 0 saturated heterocycles. The van der Waals surface area contributed by atoms with E-state index in [0.717, 1.165) is 12.4 Å². The van der Waals surface area contributed by atoms with E-state index in [0.29, 0.717) is 0 Å². The van der Waals surface area contributed by atoms with Crippen LogP contribution in [0.1, 0.15) is 17.5 Å². The molecule has 4 nitrogen and oxygen atoms in total. The molecule has 0 spiro atoms. The Bertz CT molecular complexity index is 298. The van der Waals surface area contributed by atoms with E-state index in [2.05, 4.69) is 9.97 Å². The van der Waals surface area contributed by atoms with Crippen molar-refractivity contribution in [2.24, 2.45) is 5.73 Å². The van der Waals surface area contributed by atoms with E-state index in [1.54, 1.807) is 0 Å². The third-order valence-electron chi connectivity index (χ3n) is 1.53. The molecular weight excluding hydrogens is 199 g/mol. The fraction of sp³-hybridized carbons (Fsp3) is 0.429. The summed E-state index contributed by atoms with van der Waals surface area (Å²) in [6.07, 6.45) is -3.77. The maximum atomic E-state index is 12.0. The van der Waals surface area contributed by atoms with Crippen molar-refractivity contribution in [2.45, 2.75) is 12.3 Å². The smallest absolute Gasteiger partial charge is 0.387 e. The SMILES string of the molecule is NCC(O)c1cnc(C(F)(F)F)nc1. The Balaban J connectivity index is 2.89. The molecule has 1 aromatic heterocycles. The molecule has 3 N–H and O–H groups in total. The zero-order valence-electron chi connectivity index (χ0n) is 6.99. The molecule has 78 valence electrons. The Morgan fingerprint density at radius 3 is 2.21 bits per heavy atom. The van der Waals surface area contributed by atoms with Gasteiger partial charge in [0.2, 0.25) is 5.82 Å². The Morgan fingerprint density at radius 2 is 1.86 bits per heavy atom. The summed E-state index contributed by atoms with van der Waals surface area (Å²) in [5.41, 5.74) is 5.27. The number of nitrogens with zero attached hydrogens (tertiary/aromatic N) is 2. The molecule has 0 radical (unpaired) electrons. The van der Waals surface area contributed by atoms with Crippen molar-refractivity contribution < 1.29 is 18.3 Å². The van der Waals surface area contributed by atoms with Crippen LogP contribution in [0.15, 0.2) is 12.4 Å². The number of aliphatic hydroxyl groups is 1. The lowest BCUT2D eigenvalue weighted by atomic mass is 10.2. The summed E-state index contributed by atoms with van der Waals surface area (Å²) in [7, 11) is 0. The molecule has 0 bridgehead atoms. The molecule has 0 aliphatic rings. The van der Waals surface area contributed by atoms with Crippen molar-refractivity contribution in [1.82, 2.24) is 9.97 Å². The predicted octanol–water partition coefficient (Wildman–Crippen LogP) is 0.487. The van der Waals surface area contributed by atoms with Crippen molar-refractivity contribution in [2.75, 3.05) is 6.54 Å². The van der Waals surface area contributed by atoms with Gasteiger partial charge in [0.05, 0.1) is 6.10 Å². The topological polar surface area (TPSA) is 72.0 Å². The Labute approximate surface area is 77.6 Å². The average Bonchev–Trinajstić information content (AvgIpc) is 2.15. The highest BCUT2D eigenvalue weighted by Crippen LogP contribution is 2.25. The van der Waals surface area contributed by atoms with Gasteiger partial charge in [-0.25, -0.2) is 9.97 Å². The molecule has 0 aliphatic carbocycles. The van der Waals surface area contributed by atoms with Crippen molar-refractivity contribution in [3.8, 4) is 0 Å². The number of aromatic nitrogens is 2. The first-order valence-electron chi connectivity index (χ1n) is 3.72. The summed E-state index contributed by atoms with van der Waals surface area (Å²) in [5.74, 6) is -1.23.